The first kappa shape index (κ1) is 16.5. The predicted molar refractivity (Wildman–Crippen MR) is 92.5 cm³/mol. The summed E-state index contributed by atoms with van der Waals surface area (Å²) in [6.45, 7) is 7.29. The number of fused-ring (bicyclic) bond motifs is 1. The molecule has 24 heavy (non-hydrogen) atoms. The van der Waals surface area contributed by atoms with E-state index in [4.69, 9.17) is 0 Å². The maximum atomic E-state index is 13.0. The molecule has 0 saturated carbocycles. The minimum Gasteiger partial charge on any atom is -0.480 e. The molecular formula is C18H23N3O3. The van der Waals surface area contributed by atoms with Crippen LogP contribution in [0, 0.1) is 20.8 Å². The van der Waals surface area contributed by atoms with E-state index in [-0.39, 0.29) is 12.5 Å². The molecule has 0 unspecified atom stereocenters. The summed E-state index contributed by atoms with van der Waals surface area (Å²) in [7, 11) is 1.78. The Labute approximate surface area is 141 Å². The van der Waals surface area contributed by atoms with E-state index in [1.165, 1.54) is 0 Å². The van der Waals surface area contributed by atoms with Crippen LogP contribution >= 0.6 is 0 Å². The average Bonchev–Trinajstić information content (AvgIpc) is 2.89. The van der Waals surface area contributed by atoms with Gasteiger partial charge in [0.25, 0.3) is 5.91 Å². The molecule has 3 rings (SSSR count). The molecule has 1 amide bonds. The van der Waals surface area contributed by atoms with Crippen LogP contribution in [-0.4, -0.2) is 64.5 Å². The number of carboxylic acids is 1. The molecule has 1 aliphatic heterocycles. The Hall–Kier alpha value is -2.34. The van der Waals surface area contributed by atoms with Gasteiger partial charge in [-0.15, -0.1) is 0 Å². The molecule has 2 N–H and O–H groups in total. The predicted octanol–water partition coefficient (Wildman–Crippen LogP) is 1.93. The first-order valence-electron chi connectivity index (χ1n) is 8.12. The SMILES string of the molecule is Cc1ccc(C)c2c(C)c(C(=O)N3CCN(C)[C@H](C(=O)O)C3)[nH]c12. The maximum Gasteiger partial charge on any atom is 0.322 e. The highest BCUT2D eigenvalue weighted by atomic mass is 16.4. The number of carboxylic acid groups (broad SMARTS) is 1. The quantitative estimate of drug-likeness (QED) is 0.883. The van der Waals surface area contributed by atoms with E-state index < -0.39 is 12.0 Å². The molecule has 0 spiro atoms. The Balaban J connectivity index is 1.97. The number of carbonyl (C=O) groups is 2. The smallest absolute Gasteiger partial charge is 0.322 e. The zero-order valence-electron chi connectivity index (χ0n) is 14.5. The minimum atomic E-state index is -0.893. The van der Waals surface area contributed by atoms with Crippen LogP contribution in [0.3, 0.4) is 0 Å². The molecule has 0 radical (unpaired) electrons. The molecule has 6 nitrogen and oxygen atoms in total. The average molecular weight is 329 g/mol. The molecule has 1 fully saturated rings. The number of hydrogen-bond acceptors (Lipinski definition) is 3. The molecule has 1 aromatic heterocycles. The lowest BCUT2D eigenvalue weighted by atomic mass is 10.0. The number of aromatic amines is 1. The fourth-order valence-corrected chi connectivity index (χ4v) is 3.50. The number of piperazine rings is 1. The second-order valence-electron chi connectivity index (χ2n) is 6.66. The van der Waals surface area contributed by atoms with Gasteiger partial charge in [0.2, 0.25) is 0 Å². The number of rotatable bonds is 2. The summed E-state index contributed by atoms with van der Waals surface area (Å²) in [5.41, 5.74) is 4.71. The van der Waals surface area contributed by atoms with Gasteiger partial charge in [-0.3, -0.25) is 14.5 Å². The molecular weight excluding hydrogens is 306 g/mol. The van der Waals surface area contributed by atoms with E-state index in [9.17, 15) is 14.7 Å². The van der Waals surface area contributed by atoms with Crippen molar-refractivity contribution in [1.82, 2.24) is 14.8 Å². The van der Waals surface area contributed by atoms with E-state index in [0.29, 0.717) is 18.8 Å². The van der Waals surface area contributed by atoms with Gasteiger partial charge in [0.15, 0.2) is 0 Å². The van der Waals surface area contributed by atoms with Crippen molar-refractivity contribution in [2.24, 2.45) is 0 Å². The van der Waals surface area contributed by atoms with Crippen LogP contribution in [0.25, 0.3) is 10.9 Å². The minimum absolute atomic E-state index is 0.123. The Morgan fingerprint density at radius 1 is 1.17 bits per heavy atom. The van der Waals surface area contributed by atoms with Gasteiger partial charge in [-0.2, -0.15) is 0 Å². The number of likely N-dealkylation sites (N-methyl/N-ethyl adjacent to an activating group) is 1. The molecule has 1 atom stereocenters. The van der Waals surface area contributed by atoms with Crippen molar-refractivity contribution >= 4 is 22.8 Å². The zero-order valence-corrected chi connectivity index (χ0v) is 14.5. The van der Waals surface area contributed by atoms with Crippen molar-refractivity contribution in [3.63, 3.8) is 0 Å². The highest BCUT2D eigenvalue weighted by Crippen LogP contribution is 2.28. The van der Waals surface area contributed by atoms with E-state index in [2.05, 4.69) is 11.1 Å². The third kappa shape index (κ3) is 2.57. The van der Waals surface area contributed by atoms with Crippen LogP contribution in [0.5, 0.6) is 0 Å². The van der Waals surface area contributed by atoms with Gasteiger partial charge in [-0.1, -0.05) is 12.1 Å². The van der Waals surface area contributed by atoms with Crippen LogP contribution in [0.2, 0.25) is 0 Å². The van der Waals surface area contributed by atoms with Crippen LogP contribution in [0.15, 0.2) is 12.1 Å². The highest BCUT2D eigenvalue weighted by Gasteiger charge is 2.33. The number of benzene rings is 1. The maximum absolute atomic E-state index is 13.0. The number of aryl methyl sites for hydroxylation is 3. The molecule has 2 aromatic rings. The summed E-state index contributed by atoms with van der Waals surface area (Å²) in [6, 6.07) is 3.44. The van der Waals surface area contributed by atoms with Gasteiger partial charge in [0, 0.05) is 30.5 Å². The second-order valence-corrected chi connectivity index (χ2v) is 6.66. The van der Waals surface area contributed by atoms with Gasteiger partial charge in [0.1, 0.15) is 11.7 Å². The van der Waals surface area contributed by atoms with Gasteiger partial charge in [0.05, 0.1) is 0 Å². The monoisotopic (exact) mass is 329 g/mol. The Bertz CT molecular complexity index is 825. The number of hydrogen-bond donors (Lipinski definition) is 2. The van der Waals surface area contributed by atoms with Crippen molar-refractivity contribution in [3.8, 4) is 0 Å². The van der Waals surface area contributed by atoms with E-state index >= 15 is 0 Å². The zero-order chi connectivity index (χ0) is 17.6. The summed E-state index contributed by atoms with van der Waals surface area (Å²) in [6.07, 6.45) is 0. The molecule has 2 heterocycles. The van der Waals surface area contributed by atoms with Crippen LogP contribution in [0.1, 0.15) is 27.2 Å². The standard InChI is InChI=1S/C18H23N3O3/c1-10-5-6-11(2)15-14(10)12(3)16(19-15)17(22)21-8-7-20(4)13(9-21)18(23)24/h5-6,13,19H,7-9H2,1-4H3,(H,23,24)/t13-/m0/s1. The first-order chi connectivity index (χ1) is 11.3. The van der Waals surface area contributed by atoms with E-state index in [1.54, 1.807) is 16.8 Å². The number of nitrogens with zero attached hydrogens (tertiary/aromatic N) is 2. The third-order valence-electron chi connectivity index (χ3n) is 5.06. The summed E-state index contributed by atoms with van der Waals surface area (Å²) in [4.78, 5) is 31.0. The van der Waals surface area contributed by atoms with Crippen molar-refractivity contribution in [3.05, 3.63) is 34.5 Å². The lowest BCUT2D eigenvalue weighted by molar-refractivity contribution is -0.144. The molecule has 0 aliphatic carbocycles. The number of carbonyl (C=O) groups excluding carboxylic acids is 1. The van der Waals surface area contributed by atoms with E-state index in [0.717, 1.165) is 27.6 Å². The topological polar surface area (TPSA) is 76.6 Å². The fraction of sp³-hybridized carbons (Fsp3) is 0.444. The molecule has 128 valence electrons. The van der Waals surface area contributed by atoms with Gasteiger partial charge in [-0.25, -0.2) is 0 Å². The molecule has 1 aromatic carbocycles. The van der Waals surface area contributed by atoms with Gasteiger partial charge in [-0.05, 0) is 44.5 Å². The Kier molecular flexibility index (Phi) is 4.09. The lowest BCUT2D eigenvalue weighted by Gasteiger charge is -2.37. The molecule has 6 heteroatoms. The molecule has 1 saturated heterocycles. The van der Waals surface area contributed by atoms with Crippen LogP contribution in [-0.2, 0) is 4.79 Å². The Morgan fingerprint density at radius 3 is 2.46 bits per heavy atom. The first-order valence-corrected chi connectivity index (χ1v) is 8.12. The van der Waals surface area contributed by atoms with Crippen molar-refractivity contribution in [1.29, 1.82) is 0 Å². The fourth-order valence-electron chi connectivity index (χ4n) is 3.50. The Morgan fingerprint density at radius 2 is 1.83 bits per heavy atom. The number of aromatic nitrogens is 1. The number of amides is 1. The largest absolute Gasteiger partial charge is 0.480 e. The third-order valence-corrected chi connectivity index (χ3v) is 5.06. The van der Waals surface area contributed by atoms with Crippen molar-refractivity contribution in [2.75, 3.05) is 26.7 Å². The molecule has 0 bridgehead atoms. The van der Waals surface area contributed by atoms with Crippen molar-refractivity contribution in [2.45, 2.75) is 26.8 Å². The summed E-state index contributed by atoms with van der Waals surface area (Å²) in [5.74, 6) is -1.02. The van der Waals surface area contributed by atoms with Gasteiger partial charge < -0.3 is 15.0 Å². The normalized spacial score (nSPS) is 19.0. The number of nitrogens with one attached hydrogen (secondary N) is 1. The summed E-state index contributed by atoms with van der Waals surface area (Å²) >= 11 is 0. The van der Waals surface area contributed by atoms with Crippen molar-refractivity contribution < 1.29 is 14.7 Å². The van der Waals surface area contributed by atoms with Crippen LogP contribution in [0.4, 0.5) is 0 Å². The second kappa shape index (κ2) is 5.94. The summed E-state index contributed by atoms with van der Waals surface area (Å²) < 4.78 is 0. The lowest BCUT2D eigenvalue weighted by Crippen LogP contribution is -2.56. The highest BCUT2D eigenvalue weighted by molar-refractivity contribution is 6.02. The number of H-pyrrole nitrogens is 1. The number of aliphatic carboxylic acids is 1. The van der Waals surface area contributed by atoms with Gasteiger partial charge >= 0.3 is 5.97 Å². The van der Waals surface area contributed by atoms with E-state index in [1.807, 2.05) is 26.8 Å². The summed E-state index contributed by atoms with van der Waals surface area (Å²) in [5, 5.41) is 10.4. The molecule has 1 aliphatic rings. The van der Waals surface area contributed by atoms with Crippen LogP contribution < -0.4 is 0 Å².